The number of amides is 2. The number of aliphatic hydroxyl groups is 1. The third-order valence-corrected chi connectivity index (χ3v) is 4.11. The molecular formula is C18H21N3O2. The molecule has 0 radical (unpaired) electrons. The van der Waals surface area contributed by atoms with Crippen molar-refractivity contribution in [2.45, 2.75) is 25.4 Å². The Kier molecular flexibility index (Phi) is 4.88. The lowest BCUT2D eigenvalue weighted by Gasteiger charge is -2.31. The quantitative estimate of drug-likeness (QED) is 0.862. The molecule has 5 heteroatoms. The van der Waals surface area contributed by atoms with E-state index in [1.807, 2.05) is 36.4 Å². The van der Waals surface area contributed by atoms with E-state index in [-0.39, 0.29) is 18.7 Å². The summed E-state index contributed by atoms with van der Waals surface area (Å²) < 4.78 is 0. The van der Waals surface area contributed by atoms with Crippen molar-refractivity contribution in [1.29, 1.82) is 0 Å². The summed E-state index contributed by atoms with van der Waals surface area (Å²) in [5, 5.41) is 12.6. The van der Waals surface area contributed by atoms with E-state index in [0.29, 0.717) is 18.3 Å². The van der Waals surface area contributed by atoms with Gasteiger partial charge in [0.25, 0.3) is 0 Å². The Labute approximate surface area is 136 Å². The van der Waals surface area contributed by atoms with E-state index >= 15 is 0 Å². The predicted molar refractivity (Wildman–Crippen MR) is 88.8 cm³/mol. The normalized spacial score (nSPS) is 15.0. The zero-order valence-electron chi connectivity index (χ0n) is 12.9. The summed E-state index contributed by atoms with van der Waals surface area (Å²) in [4.78, 5) is 18.6. The van der Waals surface area contributed by atoms with Crippen molar-refractivity contribution in [3.8, 4) is 0 Å². The number of nitrogens with one attached hydrogen (secondary N) is 1. The van der Waals surface area contributed by atoms with E-state index in [0.717, 1.165) is 18.4 Å². The highest BCUT2D eigenvalue weighted by Gasteiger charge is 2.37. The molecule has 23 heavy (non-hydrogen) atoms. The Morgan fingerprint density at radius 2 is 1.96 bits per heavy atom. The van der Waals surface area contributed by atoms with E-state index in [4.69, 9.17) is 0 Å². The first-order valence-corrected chi connectivity index (χ1v) is 7.91. The Balaban J connectivity index is 1.77. The van der Waals surface area contributed by atoms with Gasteiger partial charge >= 0.3 is 6.03 Å². The van der Waals surface area contributed by atoms with Crippen LogP contribution in [0.15, 0.2) is 54.7 Å². The van der Waals surface area contributed by atoms with Crippen molar-refractivity contribution in [2.24, 2.45) is 5.92 Å². The fourth-order valence-corrected chi connectivity index (χ4v) is 2.72. The lowest BCUT2D eigenvalue weighted by molar-refractivity contribution is 0.124. The van der Waals surface area contributed by atoms with Gasteiger partial charge in [-0.05, 0) is 36.5 Å². The van der Waals surface area contributed by atoms with Gasteiger partial charge in [-0.15, -0.1) is 0 Å². The number of rotatable bonds is 6. The summed E-state index contributed by atoms with van der Waals surface area (Å²) in [6.45, 7) is 0.453. The number of carbonyl (C=O) groups is 1. The number of urea groups is 1. The molecule has 120 valence electrons. The van der Waals surface area contributed by atoms with E-state index in [9.17, 15) is 9.90 Å². The molecule has 1 aromatic heterocycles. The fourth-order valence-electron chi connectivity index (χ4n) is 2.72. The second-order valence-corrected chi connectivity index (χ2v) is 5.85. The molecule has 2 amide bonds. The van der Waals surface area contributed by atoms with E-state index in [1.54, 1.807) is 23.2 Å². The molecule has 3 rings (SSSR count). The maximum absolute atomic E-state index is 12.7. The molecule has 1 aromatic carbocycles. The van der Waals surface area contributed by atoms with Crippen LogP contribution in [-0.4, -0.2) is 33.7 Å². The van der Waals surface area contributed by atoms with Gasteiger partial charge in [0.1, 0.15) is 5.82 Å². The summed E-state index contributed by atoms with van der Waals surface area (Å²) >= 11 is 0. The molecule has 0 spiro atoms. The van der Waals surface area contributed by atoms with Crippen LogP contribution in [0.2, 0.25) is 0 Å². The highest BCUT2D eigenvalue weighted by molar-refractivity contribution is 5.88. The smallest absolute Gasteiger partial charge is 0.323 e. The highest BCUT2D eigenvalue weighted by Crippen LogP contribution is 2.36. The van der Waals surface area contributed by atoms with E-state index < -0.39 is 0 Å². The average molecular weight is 311 g/mol. The number of anilines is 1. The molecule has 1 heterocycles. The molecule has 1 unspecified atom stereocenters. The first kappa shape index (κ1) is 15.5. The number of hydrogen-bond acceptors (Lipinski definition) is 3. The van der Waals surface area contributed by atoms with Crippen LogP contribution in [0.4, 0.5) is 10.6 Å². The van der Waals surface area contributed by atoms with Crippen LogP contribution in [0, 0.1) is 5.92 Å². The number of hydrogen-bond donors (Lipinski definition) is 2. The monoisotopic (exact) mass is 311 g/mol. The molecule has 1 saturated carbocycles. The molecular weight excluding hydrogens is 290 g/mol. The molecule has 0 saturated heterocycles. The lowest BCUT2D eigenvalue weighted by atomic mass is 10.1. The first-order valence-electron chi connectivity index (χ1n) is 7.91. The van der Waals surface area contributed by atoms with Crippen LogP contribution in [0.3, 0.4) is 0 Å². The van der Waals surface area contributed by atoms with Gasteiger partial charge in [0.15, 0.2) is 0 Å². The van der Waals surface area contributed by atoms with Crippen molar-refractivity contribution in [3.05, 3.63) is 60.3 Å². The Hall–Kier alpha value is -2.40. The molecule has 1 aliphatic carbocycles. The summed E-state index contributed by atoms with van der Waals surface area (Å²) in [6, 6.07) is 14.8. The number of nitrogens with zero attached hydrogens (tertiary/aromatic N) is 2. The van der Waals surface area contributed by atoms with Crippen molar-refractivity contribution in [1.82, 2.24) is 9.88 Å². The number of aromatic nitrogens is 1. The topological polar surface area (TPSA) is 65.5 Å². The largest absolute Gasteiger partial charge is 0.394 e. The minimum absolute atomic E-state index is 0.0207. The summed E-state index contributed by atoms with van der Waals surface area (Å²) in [7, 11) is 0. The number of aliphatic hydroxyl groups excluding tert-OH is 1. The van der Waals surface area contributed by atoms with Crippen LogP contribution >= 0.6 is 0 Å². The first-order chi connectivity index (χ1) is 11.3. The van der Waals surface area contributed by atoms with Gasteiger partial charge in [0.2, 0.25) is 0 Å². The Bertz CT molecular complexity index is 629. The van der Waals surface area contributed by atoms with Crippen LogP contribution in [0.1, 0.15) is 18.4 Å². The molecule has 1 fully saturated rings. The third kappa shape index (κ3) is 4.07. The summed E-state index contributed by atoms with van der Waals surface area (Å²) in [6.07, 6.45) is 3.77. The Morgan fingerprint density at radius 3 is 2.57 bits per heavy atom. The molecule has 2 aromatic rings. The average Bonchev–Trinajstić information content (AvgIpc) is 3.41. The van der Waals surface area contributed by atoms with Crippen molar-refractivity contribution in [3.63, 3.8) is 0 Å². The van der Waals surface area contributed by atoms with Gasteiger partial charge in [-0.2, -0.15) is 0 Å². The highest BCUT2D eigenvalue weighted by atomic mass is 16.3. The van der Waals surface area contributed by atoms with Gasteiger partial charge < -0.3 is 10.0 Å². The second-order valence-electron chi connectivity index (χ2n) is 5.85. The maximum Gasteiger partial charge on any atom is 0.323 e. The van der Waals surface area contributed by atoms with Crippen LogP contribution in [-0.2, 0) is 6.54 Å². The lowest BCUT2D eigenvalue weighted by Crippen LogP contribution is -2.45. The molecule has 0 bridgehead atoms. The summed E-state index contributed by atoms with van der Waals surface area (Å²) in [5.74, 6) is 0.904. The number of benzene rings is 1. The maximum atomic E-state index is 12.7. The van der Waals surface area contributed by atoms with Crippen LogP contribution in [0.25, 0.3) is 0 Å². The Morgan fingerprint density at radius 1 is 1.22 bits per heavy atom. The van der Waals surface area contributed by atoms with Gasteiger partial charge in [-0.3, -0.25) is 5.32 Å². The summed E-state index contributed by atoms with van der Waals surface area (Å²) in [5.41, 5.74) is 1.04. The van der Waals surface area contributed by atoms with Gasteiger partial charge in [0, 0.05) is 12.7 Å². The SMILES string of the molecule is O=C(Nc1ccccn1)N(Cc1ccccc1)C(CO)C1CC1. The van der Waals surface area contributed by atoms with E-state index in [2.05, 4.69) is 10.3 Å². The number of carbonyl (C=O) groups excluding carboxylic acids is 1. The van der Waals surface area contributed by atoms with Gasteiger partial charge in [0.05, 0.1) is 12.6 Å². The van der Waals surface area contributed by atoms with Gasteiger partial charge in [-0.25, -0.2) is 9.78 Å². The second kappa shape index (κ2) is 7.24. The molecule has 1 atom stereocenters. The van der Waals surface area contributed by atoms with E-state index in [1.165, 1.54) is 0 Å². The van der Waals surface area contributed by atoms with Crippen molar-refractivity contribution >= 4 is 11.8 Å². The standard InChI is InChI=1S/C18H21N3O2/c22-13-16(15-9-10-15)21(12-14-6-2-1-3-7-14)18(23)20-17-8-4-5-11-19-17/h1-8,11,15-16,22H,9-10,12-13H2,(H,19,20,23). The molecule has 5 nitrogen and oxygen atoms in total. The minimum atomic E-state index is -0.224. The molecule has 1 aliphatic rings. The van der Waals surface area contributed by atoms with Crippen molar-refractivity contribution < 1.29 is 9.90 Å². The minimum Gasteiger partial charge on any atom is -0.394 e. The van der Waals surface area contributed by atoms with Crippen LogP contribution in [0.5, 0.6) is 0 Å². The zero-order chi connectivity index (χ0) is 16.1. The van der Waals surface area contributed by atoms with Gasteiger partial charge in [-0.1, -0.05) is 36.4 Å². The van der Waals surface area contributed by atoms with Crippen LogP contribution < -0.4 is 5.32 Å². The number of pyridine rings is 1. The molecule has 2 N–H and O–H groups in total. The van der Waals surface area contributed by atoms with Crippen molar-refractivity contribution in [2.75, 3.05) is 11.9 Å². The predicted octanol–water partition coefficient (Wildman–Crippen LogP) is 2.89. The zero-order valence-corrected chi connectivity index (χ0v) is 12.9. The molecule has 0 aliphatic heterocycles. The fraction of sp³-hybridized carbons (Fsp3) is 0.333. The third-order valence-electron chi connectivity index (χ3n) is 4.11.